The monoisotopic (exact) mass is 340 g/mol. The molecule has 2 aliphatic rings. The fourth-order valence-electron chi connectivity index (χ4n) is 2.97. The Morgan fingerprint density at radius 1 is 0.885 bits per heavy atom. The second kappa shape index (κ2) is 6.41. The summed E-state index contributed by atoms with van der Waals surface area (Å²) in [5.41, 5.74) is 11.6. The average molecular weight is 340 g/mol. The summed E-state index contributed by atoms with van der Waals surface area (Å²) < 4.78 is 2.09. The first-order valence-corrected chi connectivity index (χ1v) is 8.44. The maximum atomic E-state index is 6.14. The van der Waals surface area contributed by atoms with Gasteiger partial charge in [0.15, 0.2) is 0 Å². The first-order chi connectivity index (χ1) is 12.6. The van der Waals surface area contributed by atoms with E-state index in [0.29, 0.717) is 5.70 Å². The van der Waals surface area contributed by atoms with Crippen molar-refractivity contribution in [2.45, 2.75) is 0 Å². The summed E-state index contributed by atoms with van der Waals surface area (Å²) in [6.45, 7) is 4.07. The highest BCUT2D eigenvalue weighted by Crippen LogP contribution is 2.18. The van der Waals surface area contributed by atoms with E-state index < -0.39 is 0 Å². The largest absolute Gasteiger partial charge is 0.399 e. The number of nitrogens with two attached hydrogens (primary N) is 1. The predicted octanol–water partition coefficient (Wildman–Crippen LogP) is 2.39. The van der Waals surface area contributed by atoms with Crippen molar-refractivity contribution in [3.05, 3.63) is 94.2 Å². The second-order valence-corrected chi connectivity index (χ2v) is 6.39. The number of aromatic amines is 1. The summed E-state index contributed by atoms with van der Waals surface area (Å²) in [7, 11) is 2.02. The zero-order valence-electron chi connectivity index (χ0n) is 14.6. The van der Waals surface area contributed by atoms with Crippen LogP contribution < -0.4 is 16.4 Å². The highest BCUT2D eigenvalue weighted by atomic mass is 15.0. The van der Waals surface area contributed by atoms with Crippen LogP contribution in [-0.4, -0.2) is 15.3 Å². The summed E-state index contributed by atoms with van der Waals surface area (Å²) in [4.78, 5) is 8.02. The second-order valence-electron chi connectivity index (χ2n) is 6.39. The van der Waals surface area contributed by atoms with Crippen LogP contribution in [0.25, 0.3) is 24.3 Å². The van der Waals surface area contributed by atoms with Gasteiger partial charge in [-0.3, -0.25) is 0 Å². The van der Waals surface area contributed by atoms with Crippen LogP contribution in [0.3, 0.4) is 0 Å². The summed E-state index contributed by atoms with van der Waals surface area (Å²) >= 11 is 0. The third-order valence-corrected chi connectivity index (χ3v) is 4.36. The lowest BCUT2D eigenvalue weighted by atomic mass is 10.2. The first-order valence-electron chi connectivity index (χ1n) is 8.44. The first kappa shape index (κ1) is 16.0. The Morgan fingerprint density at radius 3 is 2.42 bits per heavy atom. The van der Waals surface area contributed by atoms with Crippen molar-refractivity contribution in [2.75, 3.05) is 0 Å². The molecule has 4 rings (SSSR count). The van der Waals surface area contributed by atoms with Crippen molar-refractivity contribution in [1.29, 1.82) is 0 Å². The van der Waals surface area contributed by atoms with Crippen molar-refractivity contribution in [3.63, 3.8) is 0 Å². The van der Waals surface area contributed by atoms with Crippen LogP contribution in [-0.2, 0) is 7.05 Å². The van der Waals surface area contributed by atoms with Gasteiger partial charge in [-0.2, -0.15) is 0 Å². The number of H-pyrrole nitrogens is 1. The lowest BCUT2D eigenvalue weighted by molar-refractivity contribution is 0.900. The van der Waals surface area contributed by atoms with Crippen molar-refractivity contribution in [2.24, 2.45) is 17.8 Å². The molecule has 0 amide bonds. The predicted molar refractivity (Wildman–Crippen MR) is 109 cm³/mol. The van der Waals surface area contributed by atoms with Gasteiger partial charge in [0, 0.05) is 34.8 Å². The number of nitrogens with zero attached hydrogens (tertiary/aromatic N) is 2. The van der Waals surface area contributed by atoms with Gasteiger partial charge >= 0.3 is 0 Å². The van der Waals surface area contributed by atoms with Crippen molar-refractivity contribution in [3.8, 4) is 0 Å². The number of allylic oxidation sites excluding steroid dienone is 5. The van der Waals surface area contributed by atoms with Crippen molar-refractivity contribution >= 4 is 30.0 Å². The van der Waals surface area contributed by atoms with E-state index in [2.05, 4.69) is 33.3 Å². The lowest BCUT2D eigenvalue weighted by Gasteiger charge is -2.02. The molecule has 2 aromatic rings. The van der Waals surface area contributed by atoms with Crippen LogP contribution >= 0.6 is 0 Å². The molecule has 0 radical (unpaired) electrons. The van der Waals surface area contributed by atoms with Crippen LogP contribution in [0.4, 0.5) is 0 Å². The Balaban J connectivity index is 1.88. The van der Waals surface area contributed by atoms with E-state index in [9.17, 15) is 0 Å². The Bertz CT molecular complexity index is 1160. The van der Waals surface area contributed by atoms with Gasteiger partial charge in [0.2, 0.25) is 0 Å². The molecule has 0 fully saturated rings. The Hall–Kier alpha value is -3.53. The van der Waals surface area contributed by atoms with Crippen molar-refractivity contribution in [1.82, 2.24) is 9.55 Å². The molecule has 0 aliphatic carbocycles. The van der Waals surface area contributed by atoms with Gasteiger partial charge in [-0.25, -0.2) is 4.99 Å². The molecular formula is C22H20N4. The Kier molecular flexibility index (Phi) is 3.93. The summed E-state index contributed by atoms with van der Waals surface area (Å²) in [6.07, 6.45) is 15.8. The highest BCUT2D eigenvalue weighted by Gasteiger charge is 2.05. The molecule has 0 saturated heterocycles. The SMILES string of the molecule is C=C1/C=C\C(N)=C\c2ccc(n2C)/C=C2/C=CC(=N2)/C=c2/cc/c([nH]2)=C/1. The molecule has 0 aromatic carbocycles. The van der Waals surface area contributed by atoms with Crippen molar-refractivity contribution < 1.29 is 0 Å². The minimum absolute atomic E-state index is 0.672. The van der Waals surface area contributed by atoms with E-state index in [-0.39, 0.29) is 0 Å². The van der Waals surface area contributed by atoms with E-state index in [1.165, 1.54) is 0 Å². The standard InChI is InChI=1S/C22H20N4/c1-15-3-4-16(23)12-21-9-10-22(26(21)2)14-20-8-7-19(25-20)13-18-6-5-17(11-15)24-18/h3-14,24H,1,23H2,2H3/b4-3-,16-12-,17-11-,18-13-,20-14-. The lowest BCUT2D eigenvalue weighted by Crippen LogP contribution is -2.10. The molecular weight excluding hydrogens is 320 g/mol. The van der Waals surface area contributed by atoms with E-state index in [1.54, 1.807) is 0 Å². The maximum Gasteiger partial charge on any atom is 0.0658 e. The van der Waals surface area contributed by atoms with Crippen LogP contribution in [0.5, 0.6) is 0 Å². The average Bonchev–Trinajstić information content (AvgIpc) is 3.31. The molecule has 0 saturated carbocycles. The molecule has 6 bridgehead atoms. The summed E-state index contributed by atoms with van der Waals surface area (Å²) in [5, 5.41) is 1.99. The topological polar surface area (TPSA) is 59.1 Å². The smallest absolute Gasteiger partial charge is 0.0658 e. The fraction of sp³-hybridized carbons (Fsp3) is 0.0455. The molecule has 2 aromatic heterocycles. The zero-order valence-corrected chi connectivity index (χ0v) is 14.6. The van der Waals surface area contributed by atoms with Gasteiger partial charge in [-0.15, -0.1) is 0 Å². The number of nitrogens with one attached hydrogen (secondary N) is 1. The molecule has 26 heavy (non-hydrogen) atoms. The minimum atomic E-state index is 0.672. The Morgan fingerprint density at radius 2 is 1.62 bits per heavy atom. The molecule has 2 aliphatic heterocycles. The zero-order chi connectivity index (χ0) is 18.1. The number of hydrogen-bond acceptors (Lipinski definition) is 2. The normalized spacial score (nSPS) is 24.2. The van der Waals surface area contributed by atoms with E-state index in [4.69, 9.17) is 5.73 Å². The molecule has 0 spiro atoms. The van der Waals surface area contributed by atoms with Gasteiger partial charge in [0.05, 0.1) is 11.4 Å². The number of aliphatic imine (C=N–C) groups is 1. The van der Waals surface area contributed by atoms with Gasteiger partial charge in [0.1, 0.15) is 0 Å². The quantitative estimate of drug-likeness (QED) is 0.760. The van der Waals surface area contributed by atoms with Gasteiger partial charge in [-0.05, 0) is 72.4 Å². The van der Waals surface area contributed by atoms with Crippen LogP contribution in [0.1, 0.15) is 11.4 Å². The number of aromatic nitrogens is 2. The summed E-state index contributed by atoms with van der Waals surface area (Å²) in [5.74, 6) is 0. The molecule has 0 unspecified atom stereocenters. The summed E-state index contributed by atoms with van der Waals surface area (Å²) in [6, 6.07) is 8.16. The Labute approximate surface area is 152 Å². The van der Waals surface area contributed by atoms with E-state index >= 15 is 0 Å². The van der Waals surface area contributed by atoms with Crippen LogP contribution in [0.15, 0.2) is 77.1 Å². The molecule has 0 atom stereocenters. The highest BCUT2D eigenvalue weighted by molar-refractivity contribution is 6.19. The molecule has 128 valence electrons. The molecule has 4 nitrogen and oxygen atoms in total. The van der Waals surface area contributed by atoms with E-state index in [0.717, 1.165) is 39.1 Å². The van der Waals surface area contributed by atoms with Crippen LogP contribution in [0, 0.1) is 0 Å². The molecule has 4 heteroatoms. The van der Waals surface area contributed by atoms with Gasteiger partial charge < -0.3 is 15.3 Å². The third-order valence-electron chi connectivity index (χ3n) is 4.36. The van der Waals surface area contributed by atoms with Crippen LogP contribution in [0.2, 0.25) is 0 Å². The number of fused-ring (bicyclic) bond motifs is 5. The maximum absolute atomic E-state index is 6.14. The molecule has 4 heterocycles. The van der Waals surface area contributed by atoms with Gasteiger partial charge in [0.25, 0.3) is 0 Å². The number of hydrogen-bond donors (Lipinski definition) is 2. The van der Waals surface area contributed by atoms with Gasteiger partial charge in [-0.1, -0.05) is 12.7 Å². The number of rotatable bonds is 0. The fourth-order valence-corrected chi connectivity index (χ4v) is 2.97. The van der Waals surface area contributed by atoms with E-state index in [1.807, 2.05) is 67.8 Å². The molecule has 3 N–H and O–H groups in total. The third kappa shape index (κ3) is 3.30. The minimum Gasteiger partial charge on any atom is -0.399 e.